The quantitative estimate of drug-likeness (QED) is 0.113. The van der Waals surface area contributed by atoms with Crippen molar-refractivity contribution >= 4 is 34.2 Å². The first kappa shape index (κ1) is 25.4. The van der Waals surface area contributed by atoms with Crippen LogP contribution in [0.15, 0.2) is 40.4 Å². The van der Waals surface area contributed by atoms with Crippen LogP contribution in [0.25, 0.3) is 10.9 Å². The van der Waals surface area contributed by atoms with Crippen LogP contribution in [-0.4, -0.2) is 81.6 Å². The normalized spacial score (nSPS) is 18.0. The number of nitriles is 1. The summed E-state index contributed by atoms with van der Waals surface area (Å²) in [6, 6.07) is 10.3. The van der Waals surface area contributed by atoms with Gasteiger partial charge >= 0.3 is 0 Å². The number of amidine groups is 1. The number of H-pyrrole nitrogens is 1. The van der Waals surface area contributed by atoms with Crippen LogP contribution in [0.3, 0.4) is 0 Å². The van der Waals surface area contributed by atoms with Crippen LogP contribution in [-0.2, 0) is 6.54 Å². The molecule has 13 heteroatoms. The van der Waals surface area contributed by atoms with Crippen LogP contribution >= 0.6 is 0 Å². The molecule has 0 aliphatic carbocycles. The summed E-state index contributed by atoms with van der Waals surface area (Å²) < 4.78 is 0. The first-order valence-corrected chi connectivity index (χ1v) is 12.8. The zero-order valence-electron chi connectivity index (χ0n) is 21.2. The molecule has 38 heavy (non-hydrogen) atoms. The van der Waals surface area contributed by atoms with Crippen molar-refractivity contribution < 1.29 is 0 Å². The molecule has 3 aromatic rings. The number of piperidine rings is 1. The molecule has 0 bridgehead atoms. The van der Waals surface area contributed by atoms with E-state index in [1.165, 1.54) is 11.8 Å². The number of nitrogens with two attached hydrogens (primary N) is 2. The van der Waals surface area contributed by atoms with Gasteiger partial charge < -0.3 is 21.8 Å². The fourth-order valence-corrected chi connectivity index (χ4v) is 5.01. The van der Waals surface area contributed by atoms with E-state index in [1.807, 2.05) is 12.1 Å². The van der Waals surface area contributed by atoms with Gasteiger partial charge in [-0.1, -0.05) is 12.1 Å². The second-order valence-corrected chi connectivity index (χ2v) is 9.68. The van der Waals surface area contributed by atoms with E-state index in [1.54, 1.807) is 0 Å². The summed E-state index contributed by atoms with van der Waals surface area (Å²) in [6.45, 7) is 6.02. The summed E-state index contributed by atoms with van der Waals surface area (Å²) >= 11 is 0. The average molecular weight is 517 g/mol. The molecule has 0 unspecified atom stereocenters. The van der Waals surface area contributed by atoms with Gasteiger partial charge in [0.25, 0.3) is 5.56 Å². The fraction of sp³-hybridized carbons (Fsp3) is 0.440. The van der Waals surface area contributed by atoms with Crippen LogP contribution in [0.5, 0.6) is 0 Å². The van der Waals surface area contributed by atoms with Crippen molar-refractivity contribution in [2.75, 3.05) is 56.0 Å². The molecule has 0 spiro atoms. The van der Waals surface area contributed by atoms with E-state index in [4.69, 9.17) is 21.8 Å². The predicted molar refractivity (Wildman–Crippen MR) is 146 cm³/mol. The zero-order valence-corrected chi connectivity index (χ0v) is 21.2. The van der Waals surface area contributed by atoms with Gasteiger partial charge in [0, 0.05) is 44.3 Å². The Labute approximate surface area is 220 Å². The minimum absolute atomic E-state index is 0.259. The largest absolute Gasteiger partial charge is 0.386 e. The van der Waals surface area contributed by atoms with E-state index in [9.17, 15) is 4.79 Å². The lowest BCUT2D eigenvalue weighted by Crippen LogP contribution is -2.47. The highest BCUT2D eigenvalue weighted by Gasteiger charge is 2.23. The van der Waals surface area contributed by atoms with Crippen molar-refractivity contribution in [3.8, 4) is 6.07 Å². The number of likely N-dealkylation sites (tertiary alicyclic amines) is 1. The van der Waals surface area contributed by atoms with Gasteiger partial charge in [-0.15, -0.1) is 0 Å². The number of aromatic amines is 1. The lowest BCUT2D eigenvalue weighted by Gasteiger charge is -2.33. The summed E-state index contributed by atoms with van der Waals surface area (Å²) in [6.07, 6.45) is 3.44. The first-order valence-electron chi connectivity index (χ1n) is 12.8. The van der Waals surface area contributed by atoms with E-state index in [2.05, 4.69) is 58.5 Å². The number of fused-ring (bicyclic) bond motifs is 1. The summed E-state index contributed by atoms with van der Waals surface area (Å²) in [5.41, 5.74) is 8.02. The van der Waals surface area contributed by atoms with E-state index < -0.39 is 0 Å². The van der Waals surface area contributed by atoms with Crippen LogP contribution < -0.4 is 27.4 Å². The average Bonchev–Trinajstić information content (AvgIpc) is 2.94. The zero-order chi connectivity index (χ0) is 26.5. The van der Waals surface area contributed by atoms with E-state index in [0.29, 0.717) is 48.1 Å². The Morgan fingerprint density at radius 1 is 1.11 bits per heavy atom. The molecule has 13 nitrogen and oxygen atoms in total. The topological polar surface area (TPSA) is 181 Å². The van der Waals surface area contributed by atoms with Crippen LogP contribution in [0.1, 0.15) is 18.4 Å². The number of nitrogens with one attached hydrogen (secondary N) is 2. The van der Waals surface area contributed by atoms with Gasteiger partial charge in [0.1, 0.15) is 22.6 Å². The Bertz CT molecular complexity index is 1380. The number of hydrazone groups is 1. The third-order valence-corrected chi connectivity index (χ3v) is 7.23. The molecule has 2 saturated heterocycles. The van der Waals surface area contributed by atoms with Gasteiger partial charge in [0.2, 0.25) is 5.95 Å². The van der Waals surface area contributed by atoms with Gasteiger partial charge in [0.15, 0.2) is 0 Å². The molecule has 1 aromatic carbocycles. The molecule has 5 rings (SSSR count). The van der Waals surface area contributed by atoms with Gasteiger partial charge in [-0.05, 0) is 43.6 Å². The highest BCUT2D eigenvalue weighted by atomic mass is 16.1. The van der Waals surface area contributed by atoms with Crippen molar-refractivity contribution in [3.63, 3.8) is 0 Å². The second kappa shape index (κ2) is 11.4. The molecule has 2 aromatic heterocycles. The molecular formula is C25H32N12O. The Morgan fingerprint density at radius 2 is 1.84 bits per heavy atom. The summed E-state index contributed by atoms with van der Waals surface area (Å²) in [7, 11) is 0. The van der Waals surface area contributed by atoms with Gasteiger partial charge in [0.05, 0.1) is 18.8 Å². The fourth-order valence-electron chi connectivity index (χ4n) is 5.01. The standard InChI is InChI=1S/C25H32N12O/c26-7-10-35-11-13-37(14-12-35)25-31-20-15-29-34-24(38)21(20)23(32-25)30-19-3-1-17(2-4-19)16-36-8-5-18(6-9-36)22(27)33-28/h1-4,15,18H,5-6,8-14,16,28H2,(H2,27,33)(H,34,38)(H,30,31,32). The highest BCUT2D eigenvalue weighted by Crippen LogP contribution is 2.25. The van der Waals surface area contributed by atoms with E-state index in [0.717, 1.165) is 51.3 Å². The Hall–Kier alpha value is -4.28. The van der Waals surface area contributed by atoms with E-state index >= 15 is 0 Å². The van der Waals surface area contributed by atoms with Gasteiger partial charge in [-0.25, -0.2) is 10.1 Å². The number of aromatic nitrogens is 4. The van der Waals surface area contributed by atoms with Crippen molar-refractivity contribution in [2.45, 2.75) is 19.4 Å². The van der Waals surface area contributed by atoms with Crippen molar-refractivity contribution in [1.82, 2.24) is 30.0 Å². The Morgan fingerprint density at radius 3 is 2.53 bits per heavy atom. The summed E-state index contributed by atoms with van der Waals surface area (Å²) in [5.74, 6) is 7.09. The number of hydrogen-bond acceptors (Lipinski definition) is 11. The first-order chi connectivity index (χ1) is 18.5. The minimum Gasteiger partial charge on any atom is -0.386 e. The van der Waals surface area contributed by atoms with E-state index in [-0.39, 0.29) is 11.5 Å². The van der Waals surface area contributed by atoms with Crippen LogP contribution in [0.4, 0.5) is 17.5 Å². The summed E-state index contributed by atoms with van der Waals surface area (Å²) in [5, 5.41) is 22.7. The molecule has 0 saturated carbocycles. The maximum atomic E-state index is 12.6. The molecule has 2 fully saturated rings. The molecule has 2 aliphatic heterocycles. The van der Waals surface area contributed by atoms with Crippen LogP contribution in [0, 0.1) is 17.2 Å². The molecule has 0 radical (unpaired) electrons. The highest BCUT2D eigenvalue weighted by molar-refractivity contribution is 5.90. The lowest BCUT2D eigenvalue weighted by molar-refractivity contribution is 0.201. The monoisotopic (exact) mass is 516 g/mol. The van der Waals surface area contributed by atoms with Crippen molar-refractivity contribution in [2.24, 2.45) is 22.6 Å². The number of anilines is 3. The molecule has 198 valence electrons. The molecule has 4 heterocycles. The van der Waals surface area contributed by atoms with Gasteiger partial charge in [-0.2, -0.15) is 20.4 Å². The third kappa shape index (κ3) is 5.66. The smallest absolute Gasteiger partial charge is 0.277 e. The van der Waals surface area contributed by atoms with Crippen LogP contribution in [0.2, 0.25) is 0 Å². The minimum atomic E-state index is -0.351. The molecule has 0 atom stereocenters. The number of nitrogens with zero attached hydrogens (tertiary/aromatic N) is 8. The number of piperazine rings is 1. The maximum Gasteiger partial charge on any atom is 0.277 e. The molecule has 2 aliphatic rings. The van der Waals surface area contributed by atoms with Gasteiger partial charge in [-0.3, -0.25) is 14.6 Å². The molecular weight excluding hydrogens is 484 g/mol. The lowest BCUT2D eigenvalue weighted by atomic mass is 9.95. The molecule has 6 N–H and O–H groups in total. The van der Waals surface area contributed by atoms with Crippen molar-refractivity contribution in [1.29, 1.82) is 5.26 Å². The second-order valence-electron chi connectivity index (χ2n) is 9.68. The maximum absolute atomic E-state index is 12.6. The number of benzene rings is 1. The predicted octanol–water partition coefficient (Wildman–Crippen LogP) is 0.545. The molecule has 0 amide bonds. The number of hydrogen-bond donors (Lipinski definition) is 4. The summed E-state index contributed by atoms with van der Waals surface area (Å²) in [4.78, 5) is 28.5. The Balaban J connectivity index is 1.30. The third-order valence-electron chi connectivity index (χ3n) is 7.23. The number of rotatable bonds is 7. The SMILES string of the molecule is N#CCN1CCN(c2nc(Nc3ccc(CN4CCC(/C(N)=N/N)CC4)cc3)c3c(=O)[nH]ncc3n2)CC1. The van der Waals surface area contributed by atoms with Crippen molar-refractivity contribution in [3.05, 3.63) is 46.4 Å². The Kier molecular flexibility index (Phi) is 7.62.